The predicted octanol–water partition coefficient (Wildman–Crippen LogP) is 2.34. The Morgan fingerprint density at radius 1 is 1.50 bits per heavy atom. The lowest BCUT2D eigenvalue weighted by molar-refractivity contribution is 0.157. The molecule has 10 heavy (non-hydrogen) atoms. The average molecular weight is 162 g/mol. The molecule has 1 aliphatic rings. The van der Waals surface area contributed by atoms with Crippen LogP contribution < -0.4 is 0 Å². The number of alkyl halides is 1. The van der Waals surface area contributed by atoms with Crippen LogP contribution in [0.5, 0.6) is 0 Å². The molecule has 3 heteroatoms. The van der Waals surface area contributed by atoms with Gasteiger partial charge in [0.15, 0.2) is 8.32 Å². The molecule has 2 atom stereocenters. The molecule has 0 spiro atoms. The maximum Gasteiger partial charge on any atom is 0.184 e. The fourth-order valence-corrected chi connectivity index (χ4v) is 2.71. The summed E-state index contributed by atoms with van der Waals surface area (Å²) in [5.41, 5.74) is -0.412. The number of hydrogen-bond donors (Lipinski definition) is 0. The zero-order valence-electron chi connectivity index (χ0n) is 7.07. The van der Waals surface area contributed by atoms with Crippen molar-refractivity contribution in [3.8, 4) is 0 Å². The topological polar surface area (TPSA) is 9.23 Å². The lowest BCUT2D eigenvalue weighted by Crippen LogP contribution is -2.33. The van der Waals surface area contributed by atoms with Gasteiger partial charge in [0.25, 0.3) is 0 Å². The summed E-state index contributed by atoms with van der Waals surface area (Å²) in [6, 6.07) is 0. The van der Waals surface area contributed by atoms with Crippen LogP contribution in [0.4, 0.5) is 4.39 Å². The number of hydrogen-bond acceptors (Lipinski definition) is 1. The molecule has 0 aromatic heterocycles. The van der Waals surface area contributed by atoms with Gasteiger partial charge in [-0.2, -0.15) is 0 Å². The van der Waals surface area contributed by atoms with Crippen molar-refractivity contribution >= 4 is 8.32 Å². The van der Waals surface area contributed by atoms with E-state index in [1.54, 1.807) is 0 Å². The maximum atomic E-state index is 12.6. The molecule has 0 heterocycles. The molecule has 0 radical (unpaired) electrons. The Bertz CT molecular complexity index is 143. The first-order chi connectivity index (χ1) is 4.33. The summed E-state index contributed by atoms with van der Waals surface area (Å²) in [6.07, 6.45) is -0.115. The third-order valence-electron chi connectivity index (χ3n) is 1.63. The lowest BCUT2D eigenvalue weighted by Gasteiger charge is -2.22. The Kier molecular flexibility index (Phi) is 1.68. The van der Waals surface area contributed by atoms with Gasteiger partial charge in [0.2, 0.25) is 0 Å². The first-order valence-corrected chi connectivity index (χ1v) is 7.09. The minimum absolute atomic E-state index is 0.412. The van der Waals surface area contributed by atoms with Crippen LogP contribution in [0.25, 0.3) is 0 Å². The molecule has 0 aromatic carbocycles. The molecule has 1 rings (SSSR count). The molecule has 1 saturated carbocycles. The molecule has 0 bridgehead atoms. The van der Waals surface area contributed by atoms with Crippen molar-refractivity contribution in [3.63, 3.8) is 0 Å². The van der Waals surface area contributed by atoms with Gasteiger partial charge in [0, 0.05) is 6.42 Å². The summed E-state index contributed by atoms with van der Waals surface area (Å²) in [6.45, 7) is 8.12. The van der Waals surface area contributed by atoms with Crippen LogP contribution in [0, 0.1) is 0 Å². The van der Waals surface area contributed by atoms with Gasteiger partial charge in [-0.25, -0.2) is 4.39 Å². The first-order valence-electron chi connectivity index (χ1n) is 3.68. The summed E-state index contributed by atoms with van der Waals surface area (Å²) in [7, 11) is -1.51. The van der Waals surface area contributed by atoms with Gasteiger partial charge in [0.1, 0.15) is 6.17 Å². The van der Waals surface area contributed by atoms with Gasteiger partial charge in [-0.1, -0.05) is 0 Å². The largest absolute Gasteiger partial charge is 0.409 e. The zero-order chi connectivity index (χ0) is 7.99. The fraction of sp³-hybridized carbons (Fsp3) is 1.00. The van der Waals surface area contributed by atoms with Gasteiger partial charge in [0.05, 0.1) is 5.60 Å². The molecular weight excluding hydrogens is 147 g/mol. The standard InChI is InChI=1S/C7H15FOSi/c1-7(5-6(7)8)9-10(2,3)4/h6H,5H2,1-4H3. The quantitative estimate of drug-likeness (QED) is 0.566. The van der Waals surface area contributed by atoms with E-state index in [0.717, 1.165) is 0 Å². The van der Waals surface area contributed by atoms with E-state index in [1.165, 1.54) is 0 Å². The second kappa shape index (κ2) is 2.05. The molecule has 0 saturated heterocycles. The van der Waals surface area contributed by atoms with Gasteiger partial charge >= 0.3 is 0 Å². The van der Waals surface area contributed by atoms with E-state index in [1.807, 2.05) is 6.92 Å². The fourth-order valence-electron chi connectivity index (χ4n) is 1.10. The summed E-state index contributed by atoms with van der Waals surface area (Å²) in [4.78, 5) is 0. The third-order valence-corrected chi connectivity index (χ3v) is 2.71. The highest BCUT2D eigenvalue weighted by atomic mass is 28.4. The van der Waals surface area contributed by atoms with Gasteiger partial charge in [-0.15, -0.1) is 0 Å². The predicted molar refractivity (Wildman–Crippen MR) is 42.3 cm³/mol. The van der Waals surface area contributed by atoms with Crippen LogP contribution in [-0.2, 0) is 4.43 Å². The van der Waals surface area contributed by atoms with E-state index in [9.17, 15) is 4.39 Å². The number of rotatable bonds is 2. The molecule has 0 N–H and O–H groups in total. The van der Waals surface area contributed by atoms with Crippen molar-refractivity contribution in [2.75, 3.05) is 0 Å². The van der Waals surface area contributed by atoms with Crippen LogP contribution >= 0.6 is 0 Å². The van der Waals surface area contributed by atoms with Crippen molar-refractivity contribution in [1.29, 1.82) is 0 Å². The third kappa shape index (κ3) is 1.79. The highest BCUT2D eigenvalue weighted by molar-refractivity contribution is 6.69. The van der Waals surface area contributed by atoms with Crippen molar-refractivity contribution in [3.05, 3.63) is 0 Å². The molecule has 0 aliphatic heterocycles. The van der Waals surface area contributed by atoms with Gasteiger partial charge < -0.3 is 4.43 Å². The summed E-state index contributed by atoms with van der Waals surface area (Å²) in [5, 5.41) is 0. The van der Waals surface area contributed by atoms with Crippen LogP contribution in [0.1, 0.15) is 13.3 Å². The first kappa shape index (κ1) is 8.21. The molecular formula is C7H15FOSi. The van der Waals surface area contributed by atoms with Gasteiger partial charge in [-0.3, -0.25) is 0 Å². The van der Waals surface area contributed by atoms with Crippen LogP contribution in [0.15, 0.2) is 0 Å². The van der Waals surface area contributed by atoms with E-state index in [4.69, 9.17) is 4.43 Å². The summed E-state index contributed by atoms with van der Waals surface area (Å²) in [5.74, 6) is 0. The molecule has 1 nitrogen and oxygen atoms in total. The van der Waals surface area contributed by atoms with E-state index >= 15 is 0 Å². The minimum atomic E-state index is -1.51. The maximum absolute atomic E-state index is 12.6. The molecule has 2 unspecified atom stereocenters. The van der Waals surface area contributed by atoms with Gasteiger partial charge in [-0.05, 0) is 26.6 Å². The summed E-state index contributed by atoms with van der Waals surface area (Å²) < 4.78 is 18.2. The van der Waals surface area contributed by atoms with Crippen LogP contribution in [-0.4, -0.2) is 20.1 Å². The Balaban J connectivity index is 2.41. The Morgan fingerprint density at radius 2 is 1.90 bits per heavy atom. The van der Waals surface area contributed by atoms with E-state index < -0.39 is 20.1 Å². The summed E-state index contributed by atoms with van der Waals surface area (Å²) >= 11 is 0. The number of halogens is 1. The highest BCUT2D eigenvalue weighted by Gasteiger charge is 2.54. The van der Waals surface area contributed by atoms with E-state index in [2.05, 4.69) is 19.6 Å². The van der Waals surface area contributed by atoms with Crippen molar-refractivity contribution < 1.29 is 8.82 Å². The normalized spacial score (nSPS) is 39.9. The van der Waals surface area contributed by atoms with Crippen LogP contribution in [0.2, 0.25) is 19.6 Å². The Hall–Kier alpha value is 0.107. The highest BCUT2D eigenvalue weighted by Crippen LogP contribution is 2.44. The SMILES string of the molecule is CC1(O[Si](C)(C)C)CC1F. The van der Waals surface area contributed by atoms with Crippen molar-refractivity contribution in [1.82, 2.24) is 0 Å². The Labute approximate surface area is 62.7 Å². The van der Waals surface area contributed by atoms with Crippen molar-refractivity contribution in [2.45, 2.75) is 44.8 Å². The van der Waals surface area contributed by atoms with E-state index in [-0.39, 0.29) is 0 Å². The molecule has 1 fully saturated rings. The zero-order valence-corrected chi connectivity index (χ0v) is 8.07. The molecule has 1 aliphatic carbocycles. The average Bonchev–Trinajstić information content (AvgIpc) is 2.05. The Morgan fingerprint density at radius 3 is 2.00 bits per heavy atom. The van der Waals surface area contributed by atoms with Crippen molar-refractivity contribution in [2.24, 2.45) is 0 Å². The second-order valence-corrected chi connectivity index (χ2v) is 8.63. The van der Waals surface area contributed by atoms with E-state index in [0.29, 0.717) is 6.42 Å². The lowest BCUT2D eigenvalue weighted by atomic mass is 10.4. The minimum Gasteiger partial charge on any atom is -0.409 e. The molecule has 0 aromatic rings. The van der Waals surface area contributed by atoms with Crippen LogP contribution in [0.3, 0.4) is 0 Å². The smallest absolute Gasteiger partial charge is 0.184 e. The second-order valence-electron chi connectivity index (χ2n) is 4.20. The molecule has 0 amide bonds. The molecule has 60 valence electrons. The monoisotopic (exact) mass is 162 g/mol.